The van der Waals surface area contributed by atoms with E-state index in [4.69, 9.17) is 27.9 Å². The van der Waals surface area contributed by atoms with Crippen LogP contribution in [0.3, 0.4) is 0 Å². The summed E-state index contributed by atoms with van der Waals surface area (Å²) in [6.45, 7) is 1.22. The molecule has 0 aliphatic heterocycles. The summed E-state index contributed by atoms with van der Waals surface area (Å²) in [7, 11) is 3.26. The molecule has 0 N–H and O–H groups in total. The average Bonchev–Trinajstić information content (AvgIpc) is 3.03. The van der Waals surface area contributed by atoms with Gasteiger partial charge in [0.25, 0.3) is 0 Å². The Morgan fingerprint density at radius 2 is 2.10 bits per heavy atom. The Labute approximate surface area is 182 Å². The van der Waals surface area contributed by atoms with Crippen LogP contribution in [0.1, 0.15) is 5.56 Å². The van der Waals surface area contributed by atoms with Crippen molar-refractivity contribution < 1.29 is 13.9 Å². The molecule has 29 heavy (non-hydrogen) atoms. The minimum atomic E-state index is -0.428. The van der Waals surface area contributed by atoms with E-state index in [9.17, 15) is 9.18 Å². The van der Waals surface area contributed by atoms with Gasteiger partial charge in [0.1, 0.15) is 5.82 Å². The van der Waals surface area contributed by atoms with Gasteiger partial charge in [-0.2, -0.15) is 0 Å². The summed E-state index contributed by atoms with van der Waals surface area (Å²) in [4.78, 5) is 18.7. The van der Waals surface area contributed by atoms with Crippen molar-refractivity contribution in [3.63, 3.8) is 0 Å². The lowest BCUT2D eigenvalue weighted by Gasteiger charge is -2.18. The number of fused-ring (bicyclic) bond motifs is 1. The molecule has 3 rings (SSSR count). The zero-order valence-corrected chi connectivity index (χ0v) is 18.3. The van der Waals surface area contributed by atoms with Crippen LogP contribution in [0.2, 0.25) is 10.0 Å². The highest BCUT2D eigenvalue weighted by atomic mass is 35.5. The molecule has 2 aromatic carbocycles. The Morgan fingerprint density at radius 3 is 2.83 bits per heavy atom. The minimum absolute atomic E-state index is 0.0978. The van der Waals surface area contributed by atoms with Crippen molar-refractivity contribution in [3.8, 4) is 0 Å². The number of nitrogens with zero attached hydrogens (tertiary/aromatic N) is 3. The molecule has 1 heterocycles. The van der Waals surface area contributed by atoms with Gasteiger partial charge in [-0.05, 0) is 30.3 Å². The van der Waals surface area contributed by atoms with Gasteiger partial charge in [0.2, 0.25) is 5.91 Å². The van der Waals surface area contributed by atoms with Gasteiger partial charge >= 0.3 is 0 Å². The molecule has 0 spiro atoms. The molecule has 0 saturated heterocycles. The van der Waals surface area contributed by atoms with Crippen LogP contribution in [0.15, 0.2) is 41.6 Å². The first-order chi connectivity index (χ1) is 13.9. The Balaban J connectivity index is 1.73. The number of carbonyl (C=O) groups excluding carboxylic acids is 1. The molecule has 154 valence electrons. The van der Waals surface area contributed by atoms with Crippen molar-refractivity contribution in [2.75, 3.05) is 26.5 Å². The number of methoxy groups -OCH3 is 1. The molecule has 0 unspecified atom stereocenters. The average molecular weight is 456 g/mol. The van der Waals surface area contributed by atoms with E-state index in [0.717, 1.165) is 11.0 Å². The lowest BCUT2D eigenvalue weighted by atomic mass is 10.2. The first-order valence-electron chi connectivity index (χ1n) is 8.85. The fourth-order valence-electron chi connectivity index (χ4n) is 2.83. The number of thioether (sulfide) groups is 1. The molecule has 5 nitrogen and oxygen atoms in total. The number of hydrogen-bond acceptors (Lipinski definition) is 4. The standard InChI is InChI=1S/C20H20Cl2FN3O2S/c1-25(11-14-15(22)4-3-5-16(14)23)19(27)12-29-20-24-17-10-13(21)6-7-18(17)26(20)8-9-28-2/h3-7,10H,8-9,11-12H2,1-2H3. The van der Waals surface area contributed by atoms with Crippen LogP contribution >= 0.6 is 35.0 Å². The van der Waals surface area contributed by atoms with Crippen LogP contribution < -0.4 is 0 Å². The van der Waals surface area contributed by atoms with Crippen LogP contribution in [0.5, 0.6) is 0 Å². The molecule has 0 aliphatic carbocycles. The van der Waals surface area contributed by atoms with Gasteiger partial charge in [0.05, 0.1) is 23.4 Å². The number of carbonyl (C=O) groups is 1. The highest BCUT2D eigenvalue weighted by Gasteiger charge is 2.17. The fraction of sp³-hybridized carbons (Fsp3) is 0.300. The van der Waals surface area contributed by atoms with Crippen LogP contribution in [0.25, 0.3) is 11.0 Å². The summed E-state index contributed by atoms with van der Waals surface area (Å²) in [5.41, 5.74) is 1.99. The van der Waals surface area contributed by atoms with E-state index in [1.807, 2.05) is 10.6 Å². The molecule has 0 atom stereocenters. The maximum Gasteiger partial charge on any atom is 0.233 e. The molecular formula is C20H20Cl2FN3O2S. The maximum atomic E-state index is 14.0. The molecule has 0 aliphatic rings. The van der Waals surface area contributed by atoms with Crippen LogP contribution in [0, 0.1) is 5.82 Å². The summed E-state index contributed by atoms with van der Waals surface area (Å²) in [6, 6.07) is 9.97. The molecule has 0 fully saturated rings. The van der Waals surface area contributed by atoms with Crippen LogP contribution in [-0.2, 0) is 22.6 Å². The monoisotopic (exact) mass is 455 g/mol. The first-order valence-corrected chi connectivity index (χ1v) is 10.6. The summed E-state index contributed by atoms with van der Waals surface area (Å²) in [5.74, 6) is -0.423. The summed E-state index contributed by atoms with van der Waals surface area (Å²) < 4.78 is 21.2. The fourth-order valence-corrected chi connectivity index (χ4v) is 4.21. The number of imidazole rings is 1. The van der Waals surface area contributed by atoms with Gasteiger partial charge in [0.15, 0.2) is 5.16 Å². The molecule has 0 saturated carbocycles. The maximum absolute atomic E-state index is 14.0. The van der Waals surface area contributed by atoms with E-state index in [1.54, 1.807) is 32.4 Å². The smallest absolute Gasteiger partial charge is 0.233 e. The largest absolute Gasteiger partial charge is 0.383 e. The van der Waals surface area contributed by atoms with Crippen molar-refractivity contribution >= 4 is 51.9 Å². The van der Waals surface area contributed by atoms with E-state index in [-0.39, 0.29) is 18.2 Å². The van der Waals surface area contributed by atoms with Crippen molar-refractivity contribution in [1.82, 2.24) is 14.5 Å². The van der Waals surface area contributed by atoms with E-state index in [1.165, 1.54) is 28.8 Å². The molecular weight excluding hydrogens is 436 g/mol. The number of benzene rings is 2. The van der Waals surface area contributed by atoms with Crippen molar-refractivity contribution in [2.24, 2.45) is 0 Å². The quantitative estimate of drug-likeness (QED) is 0.454. The van der Waals surface area contributed by atoms with Crippen molar-refractivity contribution in [1.29, 1.82) is 0 Å². The number of aromatic nitrogens is 2. The predicted octanol–water partition coefficient (Wildman–Crippen LogP) is 4.88. The van der Waals surface area contributed by atoms with Gasteiger partial charge in [-0.1, -0.05) is 41.0 Å². The molecule has 0 radical (unpaired) electrons. The van der Waals surface area contributed by atoms with E-state index < -0.39 is 5.82 Å². The Morgan fingerprint density at radius 1 is 1.31 bits per heavy atom. The second-order valence-corrected chi connectivity index (χ2v) is 8.20. The summed E-state index contributed by atoms with van der Waals surface area (Å²) in [6.07, 6.45) is 0. The Bertz CT molecular complexity index is 1010. The number of hydrogen-bond donors (Lipinski definition) is 0. The second kappa shape index (κ2) is 9.80. The highest BCUT2D eigenvalue weighted by molar-refractivity contribution is 7.99. The van der Waals surface area contributed by atoms with Gasteiger partial charge in [0, 0.05) is 42.9 Å². The zero-order chi connectivity index (χ0) is 21.0. The van der Waals surface area contributed by atoms with E-state index >= 15 is 0 Å². The van der Waals surface area contributed by atoms with E-state index in [2.05, 4.69) is 4.98 Å². The first kappa shape index (κ1) is 21.9. The number of amides is 1. The lowest BCUT2D eigenvalue weighted by Crippen LogP contribution is -2.28. The molecule has 1 amide bonds. The Kier molecular flexibility index (Phi) is 7.40. The van der Waals surface area contributed by atoms with Crippen LogP contribution in [0.4, 0.5) is 4.39 Å². The number of ether oxygens (including phenoxy) is 1. The van der Waals surface area contributed by atoms with Gasteiger partial charge < -0.3 is 14.2 Å². The third-order valence-electron chi connectivity index (χ3n) is 4.40. The number of rotatable bonds is 8. The van der Waals surface area contributed by atoms with Crippen LogP contribution in [-0.4, -0.2) is 46.9 Å². The third-order valence-corrected chi connectivity index (χ3v) is 5.95. The second-order valence-electron chi connectivity index (χ2n) is 6.41. The van der Waals surface area contributed by atoms with Crippen molar-refractivity contribution in [3.05, 3.63) is 57.8 Å². The van der Waals surface area contributed by atoms with Gasteiger partial charge in [-0.25, -0.2) is 9.37 Å². The predicted molar refractivity (Wildman–Crippen MR) is 115 cm³/mol. The topological polar surface area (TPSA) is 47.4 Å². The molecule has 0 bridgehead atoms. The minimum Gasteiger partial charge on any atom is -0.383 e. The molecule has 3 aromatic rings. The van der Waals surface area contributed by atoms with E-state index in [0.29, 0.717) is 33.9 Å². The van der Waals surface area contributed by atoms with Gasteiger partial charge in [-0.3, -0.25) is 4.79 Å². The molecule has 1 aromatic heterocycles. The third kappa shape index (κ3) is 5.22. The highest BCUT2D eigenvalue weighted by Crippen LogP contribution is 2.27. The summed E-state index contributed by atoms with van der Waals surface area (Å²) in [5, 5.41) is 1.60. The zero-order valence-electron chi connectivity index (χ0n) is 16.0. The Hall–Kier alpha value is -1.80. The number of halogens is 3. The summed E-state index contributed by atoms with van der Waals surface area (Å²) >= 11 is 13.5. The van der Waals surface area contributed by atoms with Gasteiger partial charge in [-0.15, -0.1) is 0 Å². The SMILES string of the molecule is COCCn1c(SCC(=O)N(C)Cc2c(F)cccc2Cl)nc2cc(Cl)ccc21. The normalized spacial score (nSPS) is 11.2. The van der Waals surface area contributed by atoms with Crippen molar-refractivity contribution in [2.45, 2.75) is 18.2 Å². The molecule has 9 heteroatoms. The lowest BCUT2D eigenvalue weighted by molar-refractivity contribution is -0.127.